The third kappa shape index (κ3) is 3.58. The quantitative estimate of drug-likeness (QED) is 0.861. The molecule has 3 heterocycles. The minimum Gasteiger partial charge on any atom is -0.339 e. The molecule has 0 radical (unpaired) electrons. The van der Waals surface area contributed by atoms with Crippen molar-refractivity contribution in [2.45, 2.75) is 25.7 Å². The van der Waals surface area contributed by atoms with Crippen LogP contribution >= 0.6 is 0 Å². The number of hydrogen-bond donors (Lipinski definition) is 2. The number of aromatic nitrogens is 4. The highest BCUT2D eigenvalue weighted by atomic mass is 15.4. The van der Waals surface area contributed by atoms with Crippen LogP contribution in [0, 0.1) is 5.92 Å². The number of aryl methyl sites for hydroxylation is 2. The van der Waals surface area contributed by atoms with Gasteiger partial charge in [0.25, 0.3) is 0 Å². The molecule has 0 amide bonds. The molecule has 0 aromatic carbocycles. The number of anilines is 1. The second kappa shape index (κ2) is 6.67. The van der Waals surface area contributed by atoms with Crippen molar-refractivity contribution < 1.29 is 0 Å². The molecule has 0 spiro atoms. The molecule has 0 bridgehead atoms. The van der Waals surface area contributed by atoms with Crippen LogP contribution in [0.3, 0.4) is 0 Å². The van der Waals surface area contributed by atoms with E-state index in [2.05, 4.69) is 25.1 Å². The summed E-state index contributed by atoms with van der Waals surface area (Å²) in [7, 11) is 0. The molecule has 1 aliphatic rings. The average Bonchev–Trinajstić information content (AvgIpc) is 3.03. The van der Waals surface area contributed by atoms with Crippen molar-refractivity contribution in [3.63, 3.8) is 0 Å². The van der Waals surface area contributed by atoms with Gasteiger partial charge in [-0.2, -0.15) is 4.98 Å². The Hall–Kier alpha value is -1.95. The summed E-state index contributed by atoms with van der Waals surface area (Å²) < 4.78 is 0. The van der Waals surface area contributed by atoms with Gasteiger partial charge < -0.3 is 10.6 Å². The normalized spacial score (nSPS) is 18.9. The minimum absolute atomic E-state index is 0.567. The van der Waals surface area contributed by atoms with E-state index in [0.29, 0.717) is 5.92 Å². The lowest BCUT2D eigenvalue weighted by Crippen LogP contribution is -2.39. The van der Waals surface area contributed by atoms with Crippen LogP contribution < -0.4 is 10.6 Å². The molecule has 0 aliphatic carbocycles. The van der Waals surface area contributed by atoms with Crippen LogP contribution in [0.4, 0.5) is 5.95 Å². The van der Waals surface area contributed by atoms with Crippen molar-refractivity contribution in [3.8, 4) is 0 Å². The topological polar surface area (TPSA) is 83.7 Å². The summed E-state index contributed by atoms with van der Waals surface area (Å²) in [4.78, 5) is 10.9. The second-order valence-corrected chi connectivity index (χ2v) is 5.63. The maximum Gasteiger partial charge on any atom is 0.244 e. The molecule has 6 nitrogen and oxygen atoms in total. The first kappa shape index (κ1) is 14.0. The van der Waals surface area contributed by atoms with Gasteiger partial charge in [-0.05, 0) is 49.4 Å². The van der Waals surface area contributed by atoms with E-state index in [-0.39, 0.29) is 0 Å². The Morgan fingerprint density at radius 2 is 2.14 bits per heavy atom. The van der Waals surface area contributed by atoms with Crippen molar-refractivity contribution in [3.05, 3.63) is 35.9 Å². The molecular formula is C15H22N6. The minimum atomic E-state index is 0.567. The Balaban J connectivity index is 1.58. The number of piperidine rings is 1. The van der Waals surface area contributed by atoms with Crippen LogP contribution in [-0.4, -0.2) is 39.8 Å². The Bertz CT molecular complexity index is 552. The van der Waals surface area contributed by atoms with E-state index < -0.39 is 0 Å². The first-order valence-corrected chi connectivity index (χ1v) is 7.60. The molecule has 2 aromatic heterocycles. The first-order chi connectivity index (χ1) is 10.3. The molecule has 1 atom stereocenters. The van der Waals surface area contributed by atoms with Gasteiger partial charge in [0.15, 0.2) is 0 Å². The van der Waals surface area contributed by atoms with Crippen LogP contribution in [0.5, 0.6) is 0 Å². The maximum absolute atomic E-state index is 5.78. The van der Waals surface area contributed by atoms with Crippen LogP contribution in [0.15, 0.2) is 24.5 Å². The summed E-state index contributed by atoms with van der Waals surface area (Å²) in [6.45, 7) is 2.74. The standard InChI is InChI=1S/C15H22N6/c16-10-13-2-1-9-21(11-13)15-18-14(19-20-15)4-3-12-5-7-17-8-6-12/h5-8,13H,1-4,9-11,16H2,(H,18,19,20). The van der Waals surface area contributed by atoms with Crippen LogP contribution in [-0.2, 0) is 12.8 Å². The number of hydrogen-bond acceptors (Lipinski definition) is 5. The predicted octanol–water partition coefficient (Wildman–Crippen LogP) is 1.16. The summed E-state index contributed by atoms with van der Waals surface area (Å²) in [5.41, 5.74) is 7.05. The Morgan fingerprint density at radius 3 is 2.95 bits per heavy atom. The van der Waals surface area contributed by atoms with Gasteiger partial charge in [0, 0.05) is 31.9 Å². The lowest BCUT2D eigenvalue weighted by Gasteiger charge is -2.31. The van der Waals surface area contributed by atoms with Gasteiger partial charge in [0.05, 0.1) is 0 Å². The zero-order chi connectivity index (χ0) is 14.5. The summed E-state index contributed by atoms with van der Waals surface area (Å²) in [6, 6.07) is 4.07. The predicted molar refractivity (Wildman–Crippen MR) is 82.0 cm³/mol. The van der Waals surface area contributed by atoms with Gasteiger partial charge in [0.1, 0.15) is 5.82 Å². The van der Waals surface area contributed by atoms with Gasteiger partial charge in [-0.15, -0.1) is 5.10 Å². The van der Waals surface area contributed by atoms with Crippen molar-refractivity contribution in [1.29, 1.82) is 0 Å². The van der Waals surface area contributed by atoms with E-state index in [9.17, 15) is 0 Å². The third-order valence-corrected chi connectivity index (χ3v) is 4.05. The number of aromatic amines is 1. The van der Waals surface area contributed by atoms with Crippen LogP contribution in [0.25, 0.3) is 0 Å². The van der Waals surface area contributed by atoms with Crippen molar-refractivity contribution in [2.24, 2.45) is 11.7 Å². The van der Waals surface area contributed by atoms with Gasteiger partial charge >= 0.3 is 0 Å². The monoisotopic (exact) mass is 286 g/mol. The van der Waals surface area contributed by atoms with E-state index in [1.54, 1.807) is 0 Å². The van der Waals surface area contributed by atoms with Gasteiger partial charge in [-0.25, -0.2) is 0 Å². The summed E-state index contributed by atoms with van der Waals surface area (Å²) in [5.74, 6) is 2.33. The summed E-state index contributed by atoms with van der Waals surface area (Å²) in [5, 5.41) is 7.41. The number of nitrogens with two attached hydrogens (primary N) is 1. The summed E-state index contributed by atoms with van der Waals surface area (Å²) in [6.07, 6.45) is 7.84. The fourth-order valence-electron chi connectivity index (χ4n) is 2.79. The molecule has 1 aliphatic heterocycles. The average molecular weight is 286 g/mol. The molecule has 21 heavy (non-hydrogen) atoms. The van der Waals surface area contributed by atoms with Crippen LogP contribution in [0.1, 0.15) is 24.2 Å². The van der Waals surface area contributed by atoms with E-state index in [4.69, 9.17) is 5.73 Å². The number of nitrogens with one attached hydrogen (secondary N) is 1. The molecule has 3 rings (SSSR count). The zero-order valence-electron chi connectivity index (χ0n) is 12.2. The second-order valence-electron chi connectivity index (χ2n) is 5.63. The number of pyridine rings is 1. The lowest BCUT2D eigenvalue weighted by molar-refractivity contribution is 0.419. The Morgan fingerprint density at radius 1 is 1.29 bits per heavy atom. The van der Waals surface area contributed by atoms with E-state index in [1.807, 2.05) is 24.5 Å². The number of rotatable bonds is 5. The smallest absolute Gasteiger partial charge is 0.244 e. The molecule has 6 heteroatoms. The molecule has 2 aromatic rings. The maximum atomic E-state index is 5.78. The van der Waals surface area contributed by atoms with Gasteiger partial charge in [-0.3, -0.25) is 10.1 Å². The Kier molecular flexibility index (Phi) is 4.45. The summed E-state index contributed by atoms with van der Waals surface area (Å²) >= 11 is 0. The highest BCUT2D eigenvalue weighted by Crippen LogP contribution is 2.19. The largest absolute Gasteiger partial charge is 0.339 e. The van der Waals surface area contributed by atoms with Crippen molar-refractivity contribution in [2.75, 3.05) is 24.5 Å². The Labute approximate surface area is 124 Å². The highest BCUT2D eigenvalue weighted by Gasteiger charge is 2.21. The fraction of sp³-hybridized carbons (Fsp3) is 0.533. The molecular weight excluding hydrogens is 264 g/mol. The lowest BCUT2D eigenvalue weighted by atomic mass is 9.99. The number of nitrogens with zero attached hydrogens (tertiary/aromatic N) is 4. The zero-order valence-corrected chi connectivity index (χ0v) is 12.2. The molecule has 3 N–H and O–H groups in total. The first-order valence-electron chi connectivity index (χ1n) is 7.60. The highest BCUT2D eigenvalue weighted by molar-refractivity contribution is 5.29. The van der Waals surface area contributed by atoms with Gasteiger partial charge in [-0.1, -0.05) is 0 Å². The van der Waals surface area contributed by atoms with Gasteiger partial charge in [0.2, 0.25) is 5.95 Å². The third-order valence-electron chi connectivity index (χ3n) is 4.05. The van der Waals surface area contributed by atoms with E-state index in [0.717, 1.165) is 44.2 Å². The van der Waals surface area contributed by atoms with E-state index in [1.165, 1.54) is 18.4 Å². The van der Waals surface area contributed by atoms with Crippen LogP contribution in [0.2, 0.25) is 0 Å². The molecule has 112 valence electrons. The van der Waals surface area contributed by atoms with Crippen molar-refractivity contribution >= 4 is 5.95 Å². The SMILES string of the molecule is NCC1CCCN(c2n[nH]c(CCc3ccncc3)n2)C1. The van der Waals surface area contributed by atoms with E-state index >= 15 is 0 Å². The molecule has 1 unspecified atom stereocenters. The fourth-order valence-corrected chi connectivity index (χ4v) is 2.79. The molecule has 1 fully saturated rings. The number of H-pyrrole nitrogens is 1. The molecule has 1 saturated heterocycles. The molecule has 0 saturated carbocycles. The van der Waals surface area contributed by atoms with Crippen molar-refractivity contribution in [1.82, 2.24) is 20.2 Å².